The minimum Gasteiger partial charge on any atom is -0.469 e. The molecule has 1 aliphatic rings. The molecule has 6 nitrogen and oxygen atoms in total. The van der Waals surface area contributed by atoms with Crippen molar-refractivity contribution < 1.29 is 14.3 Å². The summed E-state index contributed by atoms with van der Waals surface area (Å²) in [4.78, 5) is 28.9. The average molecular weight is 395 g/mol. The van der Waals surface area contributed by atoms with Crippen LogP contribution in [0, 0.1) is 0 Å². The summed E-state index contributed by atoms with van der Waals surface area (Å²) in [5.74, 6) is -0.468. The first-order chi connectivity index (χ1) is 13.5. The van der Waals surface area contributed by atoms with Gasteiger partial charge in [0.05, 0.1) is 35.2 Å². The number of hydrogen-bond acceptors (Lipinski definition) is 6. The standard InChI is InChI=1S/C21H21N3O3S/c1-14(21(26)23-15-8-4-3-5-9-15)28-19-12-16(13-20(25)27-2)22-17-10-6-7-11-18(17)24-19/h3-12,14,22H,13H2,1-2H3,(H,23,26)/t14-/m0/s1. The van der Waals surface area contributed by atoms with Crippen molar-refractivity contribution >= 4 is 45.7 Å². The van der Waals surface area contributed by atoms with E-state index in [-0.39, 0.29) is 23.5 Å². The number of nitrogens with one attached hydrogen (secondary N) is 2. The molecular weight excluding hydrogens is 374 g/mol. The van der Waals surface area contributed by atoms with E-state index >= 15 is 0 Å². The van der Waals surface area contributed by atoms with E-state index in [1.807, 2.05) is 61.5 Å². The second-order valence-corrected chi connectivity index (χ2v) is 7.49. The lowest BCUT2D eigenvalue weighted by Gasteiger charge is -2.12. The number of aliphatic imine (C=N–C) groups is 1. The quantitative estimate of drug-likeness (QED) is 0.736. The molecule has 0 fully saturated rings. The normalized spacial score (nSPS) is 13.8. The molecule has 0 saturated heterocycles. The Morgan fingerprint density at radius 1 is 1.14 bits per heavy atom. The predicted octanol–water partition coefficient (Wildman–Crippen LogP) is 4.35. The number of para-hydroxylation sites is 3. The Morgan fingerprint density at radius 3 is 2.61 bits per heavy atom. The zero-order valence-corrected chi connectivity index (χ0v) is 16.5. The Labute approximate surface area is 168 Å². The van der Waals surface area contributed by atoms with Gasteiger partial charge < -0.3 is 15.4 Å². The van der Waals surface area contributed by atoms with Gasteiger partial charge in [-0.25, -0.2) is 4.99 Å². The van der Waals surface area contributed by atoms with Crippen molar-refractivity contribution in [3.8, 4) is 0 Å². The van der Waals surface area contributed by atoms with Crippen LogP contribution < -0.4 is 10.6 Å². The lowest BCUT2D eigenvalue weighted by atomic mass is 10.2. The number of hydrogen-bond donors (Lipinski definition) is 2. The Bertz CT molecular complexity index is 926. The summed E-state index contributed by atoms with van der Waals surface area (Å²) in [5.41, 5.74) is 2.96. The van der Waals surface area contributed by atoms with Gasteiger partial charge in [0.2, 0.25) is 5.91 Å². The Morgan fingerprint density at radius 2 is 1.86 bits per heavy atom. The number of anilines is 2. The Hall–Kier alpha value is -3.06. The number of rotatable bonds is 5. The summed E-state index contributed by atoms with van der Waals surface area (Å²) in [6, 6.07) is 16.9. The highest BCUT2D eigenvalue weighted by Gasteiger charge is 2.19. The van der Waals surface area contributed by atoms with Crippen LogP contribution in [0.15, 0.2) is 71.4 Å². The van der Waals surface area contributed by atoms with E-state index in [0.717, 1.165) is 17.1 Å². The van der Waals surface area contributed by atoms with Crippen LogP contribution in [0.4, 0.5) is 17.1 Å². The summed E-state index contributed by atoms with van der Waals surface area (Å²) >= 11 is 1.33. The number of methoxy groups -OCH3 is 1. The van der Waals surface area contributed by atoms with Gasteiger partial charge in [0.15, 0.2) is 0 Å². The molecule has 2 aromatic carbocycles. The van der Waals surface area contributed by atoms with Gasteiger partial charge in [0.1, 0.15) is 0 Å². The molecular formula is C21H21N3O3S. The predicted molar refractivity (Wildman–Crippen MR) is 114 cm³/mol. The third-order valence-electron chi connectivity index (χ3n) is 4.00. The Kier molecular flexibility index (Phi) is 6.49. The van der Waals surface area contributed by atoms with E-state index in [1.165, 1.54) is 18.9 Å². The topological polar surface area (TPSA) is 79.8 Å². The van der Waals surface area contributed by atoms with Gasteiger partial charge in [-0.15, -0.1) is 0 Å². The summed E-state index contributed by atoms with van der Waals surface area (Å²) in [5, 5.41) is 6.39. The van der Waals surface area contributed by atoms with Crippen LogP contribution in [0.3, 0.4) is 0 Å². The van der Waals surface area contributed by atoms with Crippen LogP contribution in [0.1, 0.15) is 13.3 Å². The molecule has 7 heteroatoms. The molecule has 1 aliphatic heterocycles. The molecule has 0 bridgehead atoms. The fourth-order valence-electron chi connectivity index (χ4n) is 2.57. The lowest BCUT2D eigenvalue weighted by molar-refractivity contribution is -0.139. The number of ether oxygens (including phenoxy) is 1. The highest BCUT2D eigenvalue weighted by Crippen LogP contribution is 2.32. The highest BCUT2D eigenvalue weighted by atomic mass is 32.2. The number of carbonyl (C=O) groups is 2. The number of fused-ring (bicyclic) bond motifs is 1. The van der Waals surface area contributed by atoms with Crippen LogP contribution in [0.5, 0.6) is 0 Å². The second-order valence-electron chi connectivity index (χ2n) is 6.13. The van der Waals surface area contributed by atoms with Crippen molar-refractivity contribution in [3.63, 3.8) is 0 Å². The van der Waals surface area contributed by atoms with Crippen molar-refractivity contribution in [1.29, 1.82) is 0 Å². The summed E-state index contributed by atoms with van der Waals surface area (Å²) in [7, 11) is 1.35. The van der Waals surface area contributed by atoms with Crippen LogP contribution in [0.25, 0.3) is 0 Å². The summed E-state index contributed by atoms with van der Waals surface area (Å²) in [6.07, 6.45) is 1.88. The maximum Gasteiger partial charge on any atom is 0.311 e. The van der Waals surface area contributed by atoms with Crippen molar-refractivity contribution in [2.24, 2.45) is 4.99 Å². The van der Waals surface area contributed by atoms with E-state index in [2.05, 4.69) is 15.6 Å². The average Bonchev–Trinajstić information content (AvgIpc) is 2.86. The first-order valence-corrected chi connectivity index (χ1v) is 9.68. The minimum absolute atomic E-state index is 0.0923. The smallest absolute Gasteiger partial charge is 0.311 e. The summed E-state index contributed by atoms with van der Waals surface area (Å²) in [6.45, 7) is 1.82. The van der Waals surface area contributed by atoms with Gasteiger partial charge in [-0.3, -0.25) is 9.59 Å². The van der Waals surface area contributed by atoms with Gasteiger partial charge >= 0.3 is 5.97 Å². The SMILES string of the molecule is COC(=O)CC1=CC(S[C@@H](C)C(=O)Nc2ccccc2)=Nc2ccccc2N1. The van der Waals surface area contributed by atoms with Gasteiger partial charge in [0, 0.05) is 11.4 Å². The van der Waals surface area contributed by atoms with Gasteiger partial charge in [-0.1, -0.05) is 42.1 Å². The van der Waals surface area contributed by atoms with Crippen molar-refractivity contribution in [2.45, 2.75) is 18.6 Å². The molecule has 0 aliphatic carbocycles. The first kappa shape index (κ1) is 19.7. The molecule has 0 spiro atoms. The minimum atomic E-state index is -0.375. The fraction of sp³-hybridized carbons (Fsp3) is 0.190. The molecule has 144 valence electrons. The maximum atomic E-state index is 12.5. The number of nitrogens with zero attached hydrogens (tertiary/aromatic N) is 1. The molecule has 2 aromatic rings. The monoisotopic (exact) mass is 395 g/mol. The summed E-state index contributed by atoms with van der Waals surface area (Å²) < 4.78 is 4.77. The third-order valence-corrected chi connectivity index (χ3v) is 5.02. The van der Waals surface area contributed by atoms with Gasteiger partial charge in [-0.05, 0) is 37.3 Å². The number of thioether (sulfide) groups is 1. The van der Waals surface area contributed by atoms with Gasteiger partial charge in [-0.2, -0.15) is 0 Å². The molecule has 0 aromatic heterocycles. The van der Waals surface area contributed by atoms with Crippen molar-refractivity contribution in [3.05, 3.63) is 66.4 Å². The van der Waals surface area contributed by atoms with E-state index in [0.29, 0.717) is 10.7 Å². The molecule has 1 heterocycles. The fourth-order valence-corrected chi connectivity index (χ4v) is 3.46. The molecule has 2 N–H and O–H groups in total. The Balaban J connectivity index is 1.79. The van der Waals surface area contributed by atoms with Crippen molar-refractivity contribution in [1.82, 2.24) is 0 Å². The number of benzene rings is 2. The highest BCUT2D eigenvalue weighted by molar-refractivity contribution is 8.15. The van der Waals surface area contributed by atoms with E-state index < -0.39 is 0 Å². The van der Waals surface area contributed by atoms with Crippen LogP contribution in [-0.2, 0) is 14.3 Å². The van der Waals surface area contributed by atoms with Gasteiger partial charge in [0.25, 0.3) is 0 Å². The molecule has 1 amide bonds. The van der Waals surface area contributed by atoms with Crippen molar-refractivity contribution in [2.75, 3.05) is 17.7 Å². The molecule has 1 atom stereocenters. The first-order valence-electron chi connectivity index (χ1n) is 8.80. The zero-order chi connectivity index (χ0) is 19.9. The van der Waals surface area contributed by atoms with E-state index in [9.17, 15) is 9.59 Å². The lowest BCUT2D eigenvalue weighted by Crippen LogP contribution is -2.23. The largest absolute Gasteiger partial charge is 0.469 e. The second kappa shape index (κ2) is 9.23. The van der Waals surface area contributed by atoms with Crippen LogP contribution in [0.2, 0.25) is 0 Å². The maximum absolute atomic E-state index is 12.5. The molecule has 0 saturated carbocycles. The van der Waals surface area contributed by atoms with E-state index in [1.54, 1.807) is 6.08 Å². The molecule has 28 heavy (non-hydrogen) atoms. The van der Waals surface area contributed by atoms with E-state index in [4.69, 9.17) is 4.74 Å². The number of amides is 1. The van der Waals surface area contributed by atoms with Crippen LogP contribution >= 0.6 is 11.8 Å². The molecule has 0 radical (unpaired) electrons. The third kappa shape index (κ3) is 5.23. The molecule has 0 unspecified atom stereocenters. The number of esters is 1. The van der Waals surface area contributed by atoms with Crippen LogP contribution in [-0.4, -0.2) is 29.3 Å². The number of carbonyl (C=O) groups excluding carboxylic acids is 2. The molecule has 3 rings (SSSR count). The zero-order valence-electron chi connectivity index (χ0n) is 15.6.